The number of esters is 1. The quantitative estimate of drug-likeness (QED) is 0.590. The highest BCUT2D eigenvalue weighted by Gasteiger charge is 2.32. The zero-order valence-corrected chi connectivity index (χ0v) is 20.7. The van der Waals surface area contributed by atoms with Gasteiger partial charge in [0, 0.05) is 23.7 Å². The molecular formula is C26H31ClN2O5. The lowest BCUT2D eigenvalue weighted by Crippen LogP contribution is -2.52. The summed E-state index contributed by atoms with van der Waals surface area (Å²) in [5.41, 5.74) is 1.65. The van der Waals surface area contributed by atoms with E-state index in [4.69, 9.17) is 21.1 Å². The van der Waals surface area contributed by atoms with Crippen molar-refractivity contribution >= 4 is 29.4 Å². The molecule has 2 aromatic carbocycles. The fraction of sp³-hybridized carbons (Fsp3) is 0.423. The van der Waals surface area contributed by atoms with Crippen LogP contribution in [-0.2, 0) is 9.53 Å². The van der Waals surface area contributed by atoms with Crippen LogP contribution in [0.4, 0.5) is 0 Å². The number of piperidine rings is 1. The number of nitrogens with zero attached hydrogens (tertiary/aromatic N) is 1. The standard InChI is InChI=1S/C26H31ClN2O5/c1-16(2)23(28-24(30)19-13-20(26(32)34-4)15-22(14-19)33-3)25(31)29-11-9-18(10-12-29)17-5-7-21(27)8-6-17/h5-8,13-16,18,23H,9-12H2,1-4H3,(H,28,30)/t23-/m1/s1. The van der Waals surface area contributed by atoms with Crippen LogP contribution < -0.4 is 10.1 Å². The third-order valence-electron chi connectivity index (χ3n) is 6.19. The van der Waals surface area contributed by atoms with Crippen molar-refractivity contribution in [2.75, 3.05) is 27.3 Å². The van der Waals surface area contributed by atoms with Gasteiger partial charge in [0.2, 0.25) is 5.91 Å². The number of ether oxygens (including phenoxy) is 2. The molecule has 7 nitrogen and oxygen atoms in total. The van der Waals surface area contributed by atoms with E-state index < -0.39 is 17.9 Å². The van der Waals surface area contributed by atoms with Crippen molar-refractivity contribution in [1.82, 2.24) is 10.2 Å². The van der Waals surface area contributed by atoms with Crippen molar-refractivity contribution in [3.05, 3.63) is 64.2 Å². The summed E-state index contributed by atoms with van der Waals surface area (Å²) in [5.74, 6) is -0.517. The van der Waals surface area contributed by atoms with Crippen LogP contribution in [-0.4, -0.2) is 56.0 Å². The van der Waals surface area contributed by atoms with Gasteiger partial charge in [-0.3, -0.25) is 9.59 Å². The number of benzene rings is 2. The fourth-order valence-electron chi connectivity index (χ4n) is 4.19. The van der Waals surface area contributed by atoms with E-state index in [1.54, 1.807) is 0 Å². The van der Waals surface area contributed by atoms with Crippen molar-refractivity contribution in [2.45, 2.75) is 38.6 Å². The SMILES string of the molecule is COC(=O)c1cc(OC)cc(C(=O)N[C@@H](C(=O)N2CCC(c3ccc(Cl)cc3)CC2)C(C)C)c1. The average Bonchev–Trinajstić information content (AvgIpc) is 2.86. The van der Waals surface area contributed by atoms with Gasteiger partial charge in [-0.05, 0) is 60.6 Å². The number of carbonyl (C=O) groups excluding carboxylic acids is 3. The highest BCUT2D eigenvalue weighted by molar-refractivity contribution is 6.30. The van der Waals surface area contributed by atoms with E-state index >= 15 is 0 Å². The second-order valence-electron chi connectivity index (χ2n) is 8.79. The first-order chi connectivity index (χ1) is 16.2. The molecule has 0 radical (unpaired) electrons. The molecule has 3 rings (SSSR count). The molecule has 2 aromatic rings. The molecule has 182 valence electrons. The van der Waals surface area contributed by atoms with E-state index in [-0.39, 0.29) is 23.0 Å². The van der Waals surface area contributed by atoms with Crippen LogP contribution in [0, 0.1) is 5.92 Å². The van der Waals surface area contributed by atoms with Gasteiger partial charge in [-0.1, -0.05) is 37.6 Å². The van der Waals surface area contributed by atoms with Gasteiger partial charge in [-0.2, -0.15) is 0 Å². The molecule has 1 atom stereocenters. The minimum Gasteiger partial charge on any atom is -0.497 e. The third kappa shape index (κ3) is 6.08. The molecule has 0 bridgehead atoms. The number of hydrogen-bond acceptors (Lipinski definition) is 5. The van der Waals surface area contributed by atoms with Gasteiger partial charge in [0.25, 0.3) is 5.91 Å². The zero-order valence-electron chi connectivity index (χ0n) is 20.0. The first-order valence-electron chi connectivity index (χ1n) is 11.4. The van der Waals surface area contributed by atoms with Gasteiger partial charge >= 0.3 is 5.97 Å². The molecule has 0 aliphatic carbocycles. The summed E-state index contributed by atoms with van der Waals surface area (Å²) in [5, 5.41) is 3.57. The van der Waals surface area contributed by atoms with Crippen LogP contribution in [0.25, 0.3) is 0 Å². The largest absolute Gasteiger partial charge is 0.497 e. The second kappa shape index (κ2) is 11.4. The molecule has 0 saturated carbocycles. The van der Waals surface area contributed by atoms with Crippen molar-refractivity contribution < 1.29 is 23.9 Å². The Balaban J connectivity index is 1.69. The molecule has 1 saturated heterocycles. The maximum absolute atomic E-state index is 13.3. The van der Waals surface area contributed by atoms with Crippen LogP contribution in [0.2, 0.25) is 5.02 Å². The summed E-state index contributed by atoms with van der Waals surface area (Å²) < 4.78 is 9.98. The van der Waals surface area contributed by atoms with Gasteiger partial charge in [0.15, 0.2) is 0 Å². The Morgan fingerprint density at radius 3 is 2.18 bits per heavy atom. The number of halogens is 1. The lowest BCUT2D eigenvalue weighted by molar-refractivity contribution is -0.135. The van der Waals surface area contributed by atoms with Crippen molar-refractivity contribution in [1.29, 1.82) is 0 Å². The van der Waals surface area contributed by atoms with Gasteiger partial charge in [-0.25, -0.2) is 4.79 Å². The number of carbonyl (C=O) groups is 3. The predicted octanol–water partition coefficient (Wildman–Crippen LogP) is 4.30. The van der Waals surface area contributed by atoms with Crippen molar-refractivity contribution in [3.63, 3.8) is 0 Å². The Morgan fingerprint density at radius 2 is 1.62 bits per heavy atom. The Labute approximate surface area is 205 Å². The van der Waals surface area contributed by atoms with Crippen molar-refractivity contribution in [3.8, 4) is 5.75 Å². The number of hydrogen-bond donors (Lipinski definition) is 1. The molecule has 0 spiro atoms. The number of methoxy groups -OCH3 is 2. The summed E-state index contributed by atoms with van der Waals surface area (Å²) in [6.45, 7) is 5.04. The molecule has 0 unspecified atom stereocenters. The summed E-state index contributed by atoms with van der Waals surface area (Å²) in [7, 11) is 2.72. The first-order valence-corrected chi connectivity index (χ1v) is 11.7. The van der Waals surface area contributed by atoms with E-state index in [9.17, 15) is 14.4 Å². The lowest BCUT2D eigenvalue weighted by Gasteiger charge is -2.35. The molecule has 8 heteroatoms. The summed E-state index contributed by atoms with van der Waals surface area (Å²) in [6.07, 6.45) is 1.70. The molecule has 1 aliphatic heterocycles. The molecule has 34 heavy (non-hydrogen) atoms. The minimum atomic E-state index is -0.688. The minimum absolute atomic E-state index is 0.103. The highest BCUT2D eigenvalue weighted by atomic mass is 35.5. The van der Waals surface area contributed by atoms with Crippen LogP contribution in [0.5, 0.6) is 5.75 Å². The molecule has 0 aromatic heterocycles. The van der Waals surface area contributed by atoms with Crippen LogP contribution in [0.1, 0.15) is 58.9 Å². The second-order valence-corrected chi connectivity index (χ2v) is 9.22. The number of nitrogens with one attached hydrogen (secondary N) is 1. The van der Waals surface area contributed by atoms with E-state index in [0.717, 1.165) is 12.8 Å². The molecular weight excluding hydrogens is 456 g/mol. The predicted molar refractivity (Wildman–Crippen MR) is 130 cm³/mol. The smallest absolute Gasteiger partial charge is 0.338 e. The van der Waals surface area contributed by atoms with Gasteiger partial charge in [-0.15, -0.1) is 0 Å². The van der Waals surface area contributed by atoms with Crippen LogP contribution in [0.3, 0.4) is 0 Å². The first kappa shape index (κ1) is 25.6. The number of rotatable bonds is 7. The maximum Gasteiger partial charge on any atom is 0.338 e. The lowest BCUT2D eigenvalue weighted by atomic mass is 9.89. The third-order valence-corrected chi connectivity index (χ3v) is 6.44. The van der Waals surface area contributed by atoms with E-state index in [1.807, 2.05) is 43.0 Å². The highest BCUT2D eigenvalue weighted by Crippen LogP contribution is 2.29. The van der Waals surface area contributed by atoms with E-state index in [2.05, 4.69) is 5.32 Å². The Morgan fingerprint density at radius 1 is 1.00 bits per heavy atom. The fourth-order valence-corrected chi connectivity index (χ4v) is 4.31. The van der Waals surface area contributed by atoms with Gasteiger partial charge in [0.05, 0.1) is 19.8 Å². The average molecular weight is 487 g/mol. The topological polar surface area (TPSA) is 84.9 Å². The number of amides is 2. The van der Waals surface area contributed by atoms with Gasteiger partial charge < -0.3 is 19.7 Å². The Hall–Kier alpha value is -3.06. The normalized spacial score (nSPS) is 15.1. The Bertz CT molecular complexity index is 1030. The number of likely N-dealkylation sites (tertiary alicyclic amines) is 1. The molecule has 1 heterocycles. The Kier molecular flexibility index (Phi) is 8.56. The van der Waals surface area contributed by atoms with E-state index in [1.165, 1.54) is 38.0 Å². The zero-order chi connectivity index (χ0) is 24.8. The summed E-state index contributed by atoms with van der Waals surface area (Å²) in [6, 6.07) is 11.6. The molecule has 1 fully saturated rings. The monoisotopic (exact) mass is 486 g/mol. The molecule has 1 aliphatic rings. The summed E-state index contributed by atoms with van der Waals surface area (Å²) in [4.78, 5) is 40.2. The van der Waals surface area contributed by atoms with Crippen molar-refractivity contribution in [2.24, 2.45) is 5.92 Å². The van der Waals surface area contributed by atoms with Gasteiger partial charge in [0.1, 0.15) is 11.8 Å². The van der Waals surface area contributed by atoms with Crippen LogP contribution in [0.15, 0.2) is 42.5 Å². The maximum atomic E-state index is 13.3. The van der Waals surface area contributed by atoms with Crippen LogP contribution >= 0.6 is 11.6 Å². The molecule has 2 amide bonds. The van der Waals surface area contributed by atoms with E-state index in [0.29, 0.717) is 29.8 Å². The summed E-state index contributed by atoms with van der Waals surface area (Å²) >= 11 is 6.00. The molecule has 1 N–H and O–H groups in total.